The van der Waals surface area contributed by atoms with Crippen molar-refractivity contribution in [2.45, 2.75) is 43.8 Å². The maximum absolute atomic E-state index is 14.3. The largest absolute Gasteiger partial charge is 0.462 e. The molecule has 2 fully saturated rings. The predicted octanol–water partition coefficient (Wildman–Crippen LogP) is 3.57. The van der Waals surface area contributed by atoms with Crippen molar-refractivity contribution >= 4 is 23.2 Å². The maximum Gasteiger partial charge on any atom is 0.418 e. The second-order valence-electron chi connectivity index (χ2n) is 10.6. The third-order valence-corrected chi connectivity index (χ3v) is 8.18. The second-order valence-corrected chi connectivity index (χ2v) is 11.0. The van der Waals surface area contributed by atoms with E-state index in [0.717, 1.165) is 12.5 Å². The Labute approximate surface area is 230 Å². The van der Waals surface area contributed by atoms with E-state index in [2.05, 4.69) is 15.3 Å². The summed E-state index contributed by atoms with van der Waals surface area (Å²) in [6.45, 7) is 1.60. The number of hydrogen-bond donors (Lipinski definition) is 2. The molecule has 214 valence electrons. The number of fused-ring (bicyclic) bond motifs is 1. The molecule has 0 bridgehead atoms. The van der Waals surface area contributed by atoms with Gasteiger partial charge in [0.05, 0.1) is 45.1 Å². The molecule has 0 radical (unpaired) electrons. The summed E-state index contributed by atoms with van der Waals surface area (Å²) in [6, 6.07) is 2.49. The van der Waals surface area contributed by atoms with E-state index in [1.807, 2.05) is 0 Å². The van der Waals surface area contributed by atoms with E-state index in [4.69, 9.17) is 26.8 Å². The van der Waals surface area contributed by atoms with Crippen LogP contribution in [0.1, 0.15) is 30.4 Å². The molecule has 1 atom stereocenters. The van der Waals surface area contributed by atoms with Crippen LogP contribution in [0.3, 0.4) is 0 Å². The third kappa shape index (κ3) is 4.39. The van der Waals surface area contributed by atoms with Gasteiger partial charge in [-0.25, -0.2) is 13.8 Å². The van der Waals surface area contributed by atoms with Crippen molar-refractivity contribution in [3.8, 4) is 17.0 Å². The van der Waals surface area contributed by atoms with Gasteiger partial charge in [0.1, 0.15) is 30.7 Å². The van der Waals surface area contributed by atoms with Gasteiger partial charge in [0.25, 0.3) is 5.92 Å². The van der Waals surface area contributed by atoms with Crippen molar-refractivity contribution in [3.05, 3.63) is 51.0 Å². The van der Waals surface area contributed by atoms with Gasteiger partial charge < -0.3 is 25.4 Å². The highest BCUT2D eigenvalue weighted by molar-refractivity contribution is 6.33. The summed E-state index contributed by atoms with van der Waals surface area (Å²) < 4.78 is 83.2. The molecule has 3 N–H and O–H groups in total. The molecule has 8 nitrogen and oxygen atoms in total. The van der Waals surface area contributed by atoms with Gasteiger partial charge in [-0.15, -0.1) is 0 Å². The average molecular weight is 585 g/mol. The van der Waals surface area contributed by atoms with E-state index in [-0.39, 0.29) is 65.3 Å². The number of aromatic nitrogens is 1. The van der Waals surface area contributed by atoms with Crippen LogP contribution >= 0.6 is 11.6 Å². The number of alkyl halides is 5. The number of ether oxygens (including phenoxy) is 2. The fourth-order valence-electron chi connectivity index (χ4n) is 6.19. The molecule has 0 aliphatic carbocycles. The van der Waals surface area contributed by atoms with Crippen molar-refractivity contribution in [3.63, 3.8) is 0 Å². The summed E-state index contributed by atoms with van der Waals surface area (Å²) in [6.07, 6.45) is -2.18. The fourth-order valence-corrected chi connectivity index (χ4v) is 6.48. The number of nitrogens with two attached hydrogens (primary N) is 1. The average Bonchev–Trinajstić information content (AvgIpc) is 3.29. The molecule has 2 aromatic rings. The summed E-state index contributed by atoms with van der Waals surface area (Å²) in [5.74, 6) is -2.28. The third-order valence-electron chi connectivity index (χ3n) is 7.79. The lowest BCUT2D eigenvalue weighted by molar-refractivity contribution is -0.137. The van der Waals surface area contributed by atoms with Gasteiger partial charge in [0.15, 0.2) is 0 Å². The van der Waals surface area contributed by atoms with Crippen molar-refractivity contribution in [2.75, 3.05) is 39.1 Å². The van der Waals surface area contributed by atoms with Gasteiger partial charge in [-0.1, -0.05) is 11.6 Å². The maximum atomic E-state index is 14.3. The van der Waals surface area contributed by atoms with Crippen molar-refractivity contribution in [1.29, 1.82) is 0 Å². The molecule has 0 spiro atoms. The lowest BCUT2D eigenvalue weighted by Crippen LogP contribution is -2.43. The van der Waals surface area contributed by atoms with Crippen LogP contribution in [0.4, 0.5) is 27.8 Å². The summed E-state index contributed by atoms with van der Waals surface area (Å²) in [7, 11) is 1.72. The Balaban J connectivity index is 1.44. The molecule has 4 aliphatic rings. The molecular weight excluding hydrogens is 559 g/mol. The van der Waals surface area contributed by atoms with E-state index in [1.165, 1.54) is 19.2 Å². The summed E-state index contributed by atoms with van der Waals surface area (Å²) in [4.78, 5) is 11.9. The highest BCUT2D eigenvalue weighted by atomic mass is 35.5. The SMILES string of the molecule is Cc1cc(N)nc(-c2cc3c4c(c2Cl)=NCNC=4N(C)C=C(OC[C@]24CCCN2CC(F)(F)C4)O3)c1C(F)(F)F. The second kappa shape index (κ2) is 9.10. The summed E-state index contributed by atoms with van der Waals surface area (Å²) in [5.41, 5.74) is 3.41. The number of benzene rings is 1. The van der Waals surface area contributed by atoms with E-state index in [1.54, 1.807) is 16.8 Å². The van der Waals surface area contributed by atoms with Gasteiger partial charge in [-0.2, -0.15) is 13.2 Å². The van der Waals surface area contributed by atoms with E-state index < -0.39 is 28.9 Å². The van der Waals surface area contributed by atoms with Gasteiger partial charge in [0.2, 0.25) is 0 Å². The number of rotatable bonds is 4. The Bertz CT molecular complexity index is 1560. The number of nitrogen functional groups attached to an aromatic ring is 1. The number of halogens is 6. The normalized spacial score (nSPS) is 23.4. The van der Waals surface area contributed by atoms with Crippen LogP contribution in [0.5, 0.6) is 5.75 Å². The number of aryl methyl sites for hydroxylation is 1. The number of anilines is 1. The summed E-state index contributed by atoms with van der Waals surface area (Å²) in [5, 5.41) is 3.71. The van der Waals surface area contributed by atoms with Crippen LogP contribution in [0.2, 0.25) is 5.02 Å². The molecule has 5 heterocycles. The zero-order valence-electron chi connectivity index (χ0n) is 21.6. The topological polar surface area (TPSA) is 88.2 Å². The lowest BCUT2D eigenvalue weighted by atomic mass is 9.94. The molecule has 0 amide bonds. The van der Waals surface area contributed by atoms with Gasteiger partial charge in [0, 0.05) is 19.0 Å². The Morgan fingerprint density at radius 3 is 2.80 bits per heavy atom. The smallest absolute Gasteiger partial charge is 0.418 e. The number of pyridine rings is 1. The van der Waals surface area contributed by atoms with Crippen molar-refractivity contribution < 1.29 is 31.4 Å². The minimum Gasteiger partial charge on any atom is -0.462 e. The molecule has 0 unspecified atom stereocenters. The molecule has 2 saturated heterocycles. The first-order valence-corrected chi connectivity index (χ1v) is 13.0. The zero-order valence-corrected chi connectivity index (χ0v) is 22.4. The van der Waals surface area contributed by atoms with Gasteiger partial charge in [-0.3, -0.25) is 9.89 Å². The molecule has 1 aromatic heterocycles. The van der Waals surface area contributed by atoms with Crippen LogP contribution in [0.25, 0.3) is 17.1 Å². The zero-order chi connectivity index (χ0) is 28.6. The Morgan fingerprint density at radius 1 is 1.27 bits per heavy atom. The first-order chi connectivity index (χ1) is 18.8. The molecule has 6 rings (SSSR count). The fraction of sp³-hybridized carbons (Fsp3) is 0.462. The Morgan fingerprint density at radius 2 is 2.05 bits per heavy atom. The van der Waals surface area contributed by atoms with Gasteiger partial charge >= 0.3 is 12.1 Å². The quantitative estimate of drug-likeness (QED) is 0.531. The molecule has 1 aromatic carbocycles. The highest BCUT2D eigenvalue weighted by Crippen LogP contribution is 2.46. The number of hydrogen-bond acceptors (Lipinski definition) is 8. The molecular formula is C26H26ClF5N6O2. The van der Waals surface area contributed by atoms with E-state index in [0.29, 0.717) is 24.0 Å². The van der Waals surface area contributed by atoms with E-state index in [9.17, 15) is 22.0 Å². The Hall–Kier alpha value is -3.32. The minimum absolute atomic E-state index is 0.00845. The first-order valence-electron chi connectivity index (χ1n) is 12.7. The van der Waals surface area contributed by atoms with Crippen molar-refractivity contribution in [2.24, 2.45) is 4.99 Å². The van der Waals surface area contributed by atoms with Crippen LogP contribution in [0, 0.1) is 6.92 Å². The van der Waals surface area contributed by atoms with E-state index >= 15 is 0 Å². The minimum atomic E-state index is -4.74. The standard InChI is InChI=1S/C26H26ClF5N6O2/c1-13-6-16(33)36-21(19(13)26(30,31)32)14-7-15-18-22(20(14)27)34-12-35-23(18)37(2)8-17(40-15)39-11-24-4-3-5-38(24)10-25(28,29)9-24/h6-8,35H,3-5,9-12H2,1-2H3,(H2,33,36)/t24-/m1/s1. The molecule has 40 heavy (non-hydrogen) atoms. The molecule has 14 heteroatoms. The van der Waals surface area contributed by atoms with Crippen LogP contribution in [0.15, 0.2) is 29.3 Å². The molecule has 4 aliphatic heterocycles. The van der Waals surface area contributed by atoms with Crippen LogP contribution < -0.4 is 26.4 Å². The van der Waals surface area contributed by atoms with Crippen LogP contribution in [-0.4, -0.2) is 59.7 Å². The Kier molecular flexibility index (Phi) is 6.11. The molecule has 0 saturated carbocycles. The highest BCUT2D eigenvalue weighted by Gasteiger charge is 2.57. The van der Waals surface area contributed by atoms with Crippen molar-refractivity contribution in [1.82, 2.24) is 20.1 Å². The number of nitrogens with zero attached hydrogens (tertiary/aromatic N) is 4. The first kappa shape index (κ1) is 26.9. The van der Waals surface area contributed by atoms with Gasteiger partial charge in [-0.05, 0) is 44.0 Å². The summed E-state index contributed by atoms with van der Waals surface area (Å²) >= 11 is 6.70. The monoisotopic (exact) mass is 584 g/mol. The predicted molar refractivity (Wildman–Crippen MR) is 137 cm³/mol. The van der Waals surface area contributed by atoms with Crippen LogP contribution in [-0.2, 0) is 10.9 Å². The lowest BCUT2D eigenvalue weighted by Gasteiger charge is -2.31. The number of nitrogens with one attached hydrogen (secondary N) is 1.